The van der Waals surface area contributed by atoms with Gasteiger partial charge in [0, 0.05) is 5.56 Å². The largest absolute Gasteiger partial charge is 0.385 e. The van der Waals surface area contributed by atoms with Gasteiger partial charge in [0.1, 0.15) is 0 Å². The lowest BCUT2D eigenvalue weighted by atomic mass is 9.85. The van der Waals surface area contributed by atoms with Crippen molar-refractivity contribution in [1.29, 1.82) is 0 Å². The molecule has 22 heavy (non-hydrogen) atoms. The summed E-state index contributed by atoms with van der Waals surface area (Å²) in [5.41, 5.74) is 0.831. The first-order valence-corrected chi connectivity index (χ1v) is 7.23. The molecule has 2 saturated heterocycles. The molecule has 1 aromatic rings. The number of nitrogens with one attached hydrogen (secondary N) is 3. The van der Waals surface area contributed by atoms with Crippen molar-refractivity contribution in [3.8, 4) is 11.8 Å². The fraction of sp³-hybridized carbons (Fsp3) is 0.375. The van der Waals surface area contributed by atoms with E-state index >= 15 is 0 Å². The molecule has 0 radical (unpaired) electrons. The number of carbonyl (C=O) groups excluding carboxylic acids is 2. The molecular formula is C16H17N3O3. The van der Waals surface area contributed by atoms with E-state index in [2.05, 4.69) is 27.8 Å². The van der Waals surface area contributed by atoms with Crippen molar-refractivity contribution in [1.82, 2.24) is 16.0 Å². The minimum absolute atomic E-state index is 0.432. The molecule has 0 aliphatic carbocycles. The Morgan fingerprint density at radius 3 is 2.41 bits per heavy atom. The number of carbonyl (C=O) groups is 2. The van der Waals surface area contributed by atoms with E-state index in [9.17, 15) is 14.7 Å². The van der Waals surface area contributed by atoms with Crippen molar-refractivity contribution in [3.05, 3.63) is 35.4 Å². The van der Waals surface area contributed by atoms with E-state index < -0.39 is 23.6 Å². The molecule has 1 aromatic carbocycles. The minimum atomic E-state index is -0.805. The lowest BCUT2D eigenvalue weighted by Gasteiger charge is -2.33. The minimum Gasteiger partial charge on any atom is -0.385 e. The van der Waals surface area contributed by atoms with Gasteiger partial charge in [-0.1, -0.05) is 24.0 Å². The predicted octanol–water partition coefficient (Wildman–Crippen LogP) is -0.183. The van der Waals surface area contributed by atoms with Gasteiger partial charge in [0.05, 0.1) is 5.60 Å². The number of benzene rings is 1. The van der Waals surface area contributed by atoms with Crippen LogP contribution in [0.25, 0.3) is 0 Å². The zero-order valence-electron chi connectivity index (χ0n) is 12.0. The standard InChI is InChI=1S/C16H17N3O3/c20-14-13(18-15(21)19-14)6-3-11-1-4-12(5-2-11)16(22)7-9-17-10-8-16/h1-2,4-5,13,17,22H,7-10H2,(H2,18,19,20,21). The van der Waals surface area contributed by atoms with Crippen LogP contribution in [-0.4, -0.2) is 36.2 Å². The van der Waals surface area contributed by atoms with E-state index in [0.717, 1.165) is 24.2 Å². The lowest BCUT2D eigenvalue weighted by molar-refractivity contribution is -0.119. The highest BCUT2D eigenvalue weighted by atomic mass is 16.3. The molecule has 0 bridgehead atoms. The van der Waals surface area contributed by atoms with Crippen molar-refractivity contribution in [2.75, 3.05) is 13.1 Å². The number of urea groups is 1. The first-order valence-electron chi connectivity index (χ1n) is 7.23. The van der Waals surface area contributed by atoms with Crippen molar-refractivity contribution < 1.29 is 14.7 Å². The molecule has 6 heteroatoms. The molecule has 0 aromatic heterocycles. The lowest BCUT2D eigenvalue weighted by Crippen LogP contribution is -2.39. The first-order chi connectivity index (χ1) is 10.6. The van der Waals surface area contributed by atoms with Gasteiger partial charge < -0.3 is 15.7 Å². The van der Waals surface area contributed by atoms with Crippen LogP contribution in [-0.2, 0) is 10.4 Å². The van der Waals surface area contributed by atoms with Gasteiger partial charge in [0.2, 0.25) is 0 Å². The first kappa shape index (κ1) is 14.6. The van der Waals surface area contributed by atoms with Crippen molar-refractivity contribution >= 4 is 11.9 Å². The van der Waals surface area contributed by atoms with Gasteiger partial charge in [0.15, 0.2) is 6.04 Å². The second-order valence-electron chi connectivity index (χ2n) is 5.52. The molecule has 114 valence electrons. The second-order valence-corrected chi connectivity index (χ2v) is 5.52. The van der Waals surface area contributed by atoms with Gasteiger partial charge in [-0.25, -0.2) is 4.79 Å². The smallest absolute Gasteiger partial charge is 0.322 e. The maximum absolute atomic E-state index is 11.4. The van der Waals surface area contributed by atoms with Gasteiger partial charge in [-0.2, -0.15) is 0 Å². The summed E-state index contributed by atoms with van der Waals surface area (Å²) in [5, 5.41) is 18.4. The molecule has 2 heterocycles. The predicted molar refractivity (Wildman–Crippen MR) is 79.8 cm³/mol. The van der Waals surface area contributed by atoms with E-state index in [0.29, 0.717) is 12.8 Å². The van der Waals surface area contributed by atoms with Crippen LogP contribution in [0.5, 0.6) is 0 Å². The third-order valence-electron chi connectivity index (χ3n) is 3.99. The molecule has 2 aliphatic heterocycles. The third kappa shape index (κ3) is 2.96. The highest BCUT2D eigenvalue weighted by Crippen LogP contribution is 2.30. The van der Waals surface area contributed by atoms with E-state index in [1.54, 1.807) is 0 Å². The Balaban J connectivity index is 1.72. The van der Waals surface area contributed by atoms with E-state index in [-0.39, 0.29) is 0 Å². The zero-order valence-corrected chi connectivity index (χ0v) is 12.0. The van der Waals surface area contributed by atoms with Gasteiger partial charge in [0.25, 0.3) is 5.91 Å². The number of aliphatic hydroxyl groups is 1. The van der Waals surface area contributed by atoms with Crippen LogP contribution in [0, 0.1) is 11.8 Å². The van der Waals surface area contributed by atoms with Crippen LogP contribution in [0.15, 0.2) is 24.3 Å². The summed E-state index contributed by atoms with van der Waals surface area (Å²) >= 11 is 0. The van der Waals surface area contributed by atoms with Crippen molar-refractivity contribution in [2.45, 2.75) is 24.5 Å². The molecule has 0 saturated carbocycles. The maximum atomic E-state index is 11.4. The molecule has 1 unspecified atom stereocenters. The normalized spacial score (nSPS) is 23.2. The Kier molecular flexibility index (Phi) is 3.84. The van der Waals surface area contributed by atoms with Crippen LogP contribution in [0.2, 0.25) is 0 Å². The highest BCUT2D eigenvalue weighted by Gasteiger charge is 2.31. The van der Waals surface area contributed by atoms with Gasteiger partial charge in [-0.3, -0.25) is 10.1 Å². The molecule has 2 fully saturated rings. The molecule has 2 aliphatic rings. The zero-order chi connectivity index (χ0) is 15.6. The van der Waals surface area contributed by atoms with Gasteiger partial charge in [-0.05, 0) is 43.6 Å². The number of amides is 3. The monoisotopic (exact) mass is 299 g/mol. The van der Waals surface area contributed by atoms with E-state index in [1.807, 2.05) is 24.3 Å². The molecular weight excluding hydrogens is 282 g/mol. The molecule has 1 atom stereocenters. The Morgan fingerprint density at radius 1 is 1.14 bits per heavy atom. The fourth-order valence-electron chi connectivity index (χ4n) is 2.67. The van der Waals surface area contributed by atoms with Crippen LogP contribution < -0.4 is 16.0 Å². The van der Waals surface area contributed by atoms with Crippen LogP contribution in [0.4, 0.5) is 4.79 Å². The number of hydrogen-bond acceptors (Lipinski definition) is 4. The molecule has 4 N–H and O–H groups in total. The topological polar surface area (TPSA) is 90.5 Å². The van der Waals surface area contributed by atoms with Crippen molar-refractivity contribution in [3.63, 3.8) is 0 Å². The van der Waals surface area contributed by atoms with Crippen LogP contribution >= 0.6 is 0 Å². The summed E-state index contributed by atoms with van der Waals surface area (Å²) in [6, 6.07) is 6.04. The summed E-state index contributed by atoms with van der Waals surface area (Å²) in [6.45, 7) is 1.60. The summed E-state index contributed by atoms with van der Waals surface area (Å²) in [5.74, 6) is 5.15. The van der Waals surface area contributed by atoms with Gasteiger partial charge >= 0.3 is 6.03 Å². The number of piperidine rings is 1. The Morgan fingerprint density at radius 2 is 1.82 bits per heavy atom. The fourth-order valence-corrected chi connectivity index (χ4v) is 2.67. The van der Waals surface area contributed by atoms with Crippen LogP contribution in [0.1, 0.15) is 24.0 Å². The summed E-state index contributed by atoms with van der Waals surface area (Å²) in [6.07, 6.45) is 1.37. The average molecular weight is 299 g/mol. The molecule has 6 nitrogen and oxygen atoms in total. The summed E-state index contributed by atoms with van der Waals surface area (Å²) in [4.78, 5) is 22.4. The van der Waals surface area contributed by atoms with Crippen molar-refractivity contribution in [2.24, 2.45) is 0 Å². The third-order valence-corrected chi connectivity index (χ3v) is 3.99. The van der Waals surface area contributed by atoms with Gasteiger partial charge in [-0.15, -0.1) is 0 Å². The quantitative estimate of drug-likeness (QED) is 0.428. The van der Waals surface area contributed by atoms with E-state index in [4.69, 9.17) is 0 Å². The SMILES string of the molecule is O=C1NC(=O)C(C#Cc2ccc(C3(O)CCNCC3)cc2)N1. The maximum Gasteiger partial charge on any atom is 0.322 e. The molecule has 0 spiro atoms. The number of hydrogen-bond donors (Lipinski definition) is 4. The average Bonchev–Trinajstić information content (AvgIpc) is 2.84. The Bertz CT molecular complexity index is 651. The Labute approximate surface area is 128 Å². The molecule has 3 rings (SSSR count). The highest BCUT2D eigenvalue weighted by molar-refractivity contribution is 6.05. The Hall–Kier alpha value is -2.36. The summed E-state index contributed by atoms with van der Waals surface area (Å²) in [7, 11) is 0. The number of imide groups is 1. The summed E-state index contributed by atoms with van der Waals surface area (Å²) < 4.78 is 0. The number of rotatable bonds is 1. The van der Waals surface area contributed by atoms with Crippen LogP contribution in [0.3, 0.4) is 0 Å². The molecule has 3 amide bonds. The van der Waals surface area contributed by atoms with E-state index in [1.165, 1.54) is 0 Å². The second kappa shape index (κ2) is 5.79.